The second kappa shape index (κ2) is 7.87. The molecule has 0 bridgehead atoms. The molecular weight excluding hydrogens is 396 g/mol. The van der Waals surface area contributed by atoms with Crippen LogP contribution in [-0.4, -0.2) is 44.8 Å². The standard InChI is InChI=1S/C22H22N6OS/c1-15-18-14-19(30-21(18)28(26-15)17-6-3-2-4-7-17)20(29)25-16-8-12-27(13-9-16)22-23-10-5-11-24-22/h2-7,10-11,14,16H,8-9,12-13H2,1H3,(H,25,29). The number of amides is 1. The molecule has 3 aromatic heterocycles. The number of rotatable bonds is 4. The zero-order valence-electron chi connectivity index (χ0n) is 16.7. The SMILES string of the molecule is Cc1nn(-c2ccccc2)c2sc(C(=O)NC3CCN(c4ncccn4)CC3)cc12. The van der Waals surface area contributed by atoms with Crippen molar-refractivity contribution in [2.45, 2.75) is 25.8 Å². The van der Waals surface area contributed by atoms with Crippen LogP contribution in [0.15, 0.2) is 54.9 Å². The number of fused-ring (bicyclic) bond motifs is 1. The van der Waals surface area contributed by atoms with Crippen molar-refractivity contribution in [2.75, 3.05) is 18.0 Å². The van der Waals surface area contributed by atoms with Crippen LogP contribution in [0.2, 0.25) is 0 Å². The minimum absolute atomic E-state index is 0.00961. The van der Waals surface area contributed by atoms with E-state index in [0.29, 0.717) is 0 Å². The summed E-state index contributed by atoms with van der Waals surface area (Å²) in [6, 6.07) is 14.0. The number of nitrogens with zero attached hydrogens (tertiary/aromatic N) is 5. The van der Waals surface area contributed by atoms with Gasteiger partial charge in [-0.1, -0.05) is 18.2 Å². The van der Waals surface area contributed by atoms with E-state index < -0.39 is 0 Å². The molecule has 1 saturated heterocycles. The van der Waals surface area contributed by atoms with Crippen LogP contribution >= 0.6 is 11.3 Å². The lowest BCUT2D eigenvalue weighted by Crippen LogP contribution is -2.45. The summed E-state index contributed by atoms with van der Waals surface area (Å²) in [7, 11) is 0. The van der Waals surface area contributed by atoms with E-state index in [-0.39, 0.29) is 11.9 Å². The molecule has 1 aliphatic heterocycles. The number of nitrogens with one attached hydrogen (secondary N) is 1. The topological polar surface area (TPSA) is 75.9 Å². The van der Waals surface area contributed by atoms with Gasteiger partial charge in [0.2, 0.25) is 5.95 Å². The predicted octanol–water partition coefficient (Wildman–Crippen LogP) is 3.58. The molecule has 1 aliphatic rings. The van der Waals surface area contributed by atoms with Gasteiger partial charge in [-0.2, -0.15) is 5.10 Å². The van der Waals surface area contributed by atoms with E-state index in [1.165, 1.54) is 11.3 Å². The van der Waals surface area contributed by atoms with Gasteiger partial charge in [-0.25, -0.2) is 14.6 Å². The molecule has 1 amide bonds. The van der Waals surface area contributed by atoms with E-state index in [4.69, 9.17) is 0 Å². The van der Waals surface area contributed by atoms with Crippen molar-refractivity contribution in [1.82, 2.24) is 25.1 Å². The Labute approximate surface area is 178 Å². The molecule has 4 heterocycles. The second-order valence-corrected chi connectivity index (χ2v) is 8.48. The van der Waals surface area contributed by atoms with Crippen LogP contribution < -0.4 is 10.2 Å². The van der Waals surface area contributed by atoms with Gasteiger partial charge in [0, 0.05) is 36.9 Å². The molecule has 1 N–H and O–H groups in total. The fourth-order valence-electron chi connectivity index (χ4n) is 3.84. The number of aryl methyl sites for hydroxylation is 1. The zero-order valence-corrected chi connectivity index (χ0v) is 17.5. The molecule has 1 fully saturated rings. The zero-order chi connectivity index (χ0) is 20.5. The lowest BCUT2D eigenvalue weighted by molar-refractivity contribution is 0.0935. The van der Waals surface area contributed by atoms with Crippen molar-refractivity contribution in [1.29, 1.82) is 0 Å². The third-order valence-electron chi connectivity index (χ3n) is 5.43. The highest BCUT2D eigenvalue weighted by Gasteiger charge is 2.24. The first-order valence-corrected chi connectivity index (χ1v) is 10.9. The Morgan fingerprint density at radius 2 is 1.83 bits per heavy atom. The predicted molar refractivity (Wildman–Crippen MR) is 118 cm³/mol. The van der Waals surface area contributed by atoms with Gasteiger partial charge in [-0.15, -0.1) is 11.3 Å². The van der Waals surface area contributed by atoms with Crippen molar-refractivity contribution in [3.05, 3.63) is 65.4 Å². The molecule has 0 radical (unpaired) electrons. The van der Waals surface area contributed by atoms with Crippen molar-refractivity contribution in [2.24, 2.45) is 0 Å². The second-order valence-electron chi connectivity index (χ2n) is 7.45. The number of thiophene rings is 1. The maximum atomic E-state index is 12.9. The summed E-state index contributed by atoms with van der Waals surface area (Å²) in [4.78, 5) is 25.4. The van der Waals surface area contributed by atoms with Gasteiger partial charge in [0.25, 0.3) is 5.91 Å². The van der Waals surface area contributed by atoms with Crippen molar-refractivity contribution in [3.63, 3.8) is 0 Å². The molecule has 0 unspecified atom stereocenters. The van der Waals surface area contributed by atoms with Crippen LogP contribution in [-0.2, 0) is 0 Å². The van der Waals surface area contributed by atoms with Gasteiger partial charge < -0.3 is 10.2 Å². The first kappa shape index (κ1) is 18.7. The largest absolute Gasteiger partial charge is 0.348 e. The quantitative estimate of drug-likeness (QED) is 0.548. The van der Waals surface area contributed by atoms with E-state index in [1.54, 1.807) is 12.4 Å². The van der Waals surface area contributed by atoms with E-state index in [2.05, 4.69) is 25.3 Å². The Bertz CT molecular complexity index is 1160. The fraction of sp³-hybridized carbons (Fsp3) is 0.273. The van der Waals surface area contributed by atoms with Crippen LogP contribution in [0.25, 0.3) is 15.9 Å². The average molecular weight is 419 g/mol. The molecule has 7 nitrogen and oxygen atoms in total. The molecular formula is C22H22N6OS. The number of piperidine rings is 1. The normalized spacial score (nSPS) is 14.9. The number of hydrogen-bond acceptors (Lipinski definition) is 6. The van der Waals surface area contributed by atoms with Crippen LogP contribution in [0.3, 0.4) is 0 Å². The highest BCUT2D eigenvalue weighted by atomic mass is 32.1. The lowest BCUT2D eigenvalue weighted by Gasteiger charge is -2.32. The van der Waals surface area contributed by atoms with Gasteiger partial charge in [0.15, 0.2) is 0 Å². The third-order valence-corrected chi connectivity index (χ3v) is 6.54. The molecule has 0 aliphatic carbocycles. The molecule has 0 spiro atoms. The summed E-state index contributed by atoms with van der Waals surface area (Å²) in [6.07, 6.45) is 5.28. The van der Waals surface area contributed by atoms with Crippen molar-refractivity contribution >= 4 is 33.4 Å². The number of aromatic nitrogens is 4. The Kier molecular flexibility index (Phi) is 4.92. The van der Waals surface area contributed by atoms with Gasteiger partial charge in [-0.3, -0.25) is 4.79 Å². The minimum Gasteiger partial charge on any atom is -0.348 e. The van der Waals surface area contributed by atoms with E-state index >= 15 is 0 Å². The highest BCUT2D eigenvalue weighted by molar-refractivity contribution is 7.20. The van der Waals surface area contributed by atoms with Crippen molar-refractivity contribution < 1.29 is 4.79 Å². The van der Waals surface area contributed by atoms with Gasteiger partial charge in [0.05, 0.1) is 16.3 Å². The monoisotopic (exact) mass is 418 g/mol. The Hall–Kier alpha value is -3.26. The minimum atomic E-state index is -0.00961. The Morgan fingerprint density at radius 3 is 2.57 bits per heavy atom. The molecule has 4 aromatic rings. The summed E-state index contributed by atoms with van der Waals surface area (Å²) in [5.74, 6) is 0.748. The molecule has 0 atom stereocenters. The first-order chi connectivity index (χ1) is 14.7. The maximum absolute atomic E-state index is 12.9. The van der Waals surface area contributed by atoms with E-state index in [1.807, 2.05) is 54.1 Å². The average Bonchev–Trinajstić information content (AvgIpc) is 3.36. The summed E-state index contributed by atoms with van der Waals surface area (Å²) in [5, 5.41) is 8.89. The maximum Gasteiger partial charge on any atom is 0.261 e. The van der Waals surface area contributed by atoms with Gasteiger partial charge in [0.1, 0.15) is 4.83 Å². The highest BCUT2D eigenvalue weighted by Crippen LogP contribution is 2.30. The molecule has 0 saturated carbocycles. The Balaban J connectivity index is 1.29. The molecule has 30 heavy (non-hydrogen) atoms. The summed E-state index contributed by atoms with van der Waals surface area (Å²) >= 11 is 1.49. The van der Waals surface area contributed by atoms with Crippen LogP contribution in [0.5, 0.6) is 0 Å². The van der Waals surface area contributed by atoms with Crippen LogP contribution in [0, 0.1) is 6.92 Å². The number of benzene rings is 1. The third kappa shape index (κ3) is 3.54. The van der Waals surface area contributed by atoms with Crippen LogP contribution in [0.4, 0.5) is 5.95 Å². The first-order valence-electron chi connectivity index (χ1n) is 10.1. The lowest BCUT2D eigenvalue weighted by atomic mass is 10.1. The number of para-hydroxylation sites is 1. The molecule has 1 aromatic carbocycles. The molecule has 5 rings (SSSR count). The van der Waals surface area contributed by atoms with Crippen molar-refractivity contribution in [3.8, 4) is 5.69 Å². The summed E-state index contributed by atoms with van der Waals surface area (Å²) < 4.78 is 1.92. The van der Waals surface area contributed by atoms with Crippen LogP contribution in [0.1, 0.15) is 28.2 Å². The smallest absolute Gasteiger partial charge is 0.261 e. The van der Waals surface area contributed by atoms with E-state index in [9.17, 15) is 4.79 Å². The Morgan fingerprint density at radius 1 is 1.10 bits per heavy atom. The van der Waals surface area contributed by atoms with Gasteiger partial charge >= 0.3 is 0 Å². The summed E-state index contributed by atoms with van der Waals surface area (Å²) in [6.45, 7) is 3.66. The molecule has 152 valence electrons. The van der Waals surface area contributed by atoms with E-state index in [0.717, 1.165) is 58.4 Å². The molecule has 8 heteroatoms. The number of anilines is 1. The number of carbonyl (C=O) groups excluding carboxylic acids is 1. The van der Waals surface area contributed by atoms with Gasteiger partial charge in [-0.05, 0) is 44.0 Å². The number of hydrogen-bond donors (Lipinski definition) is 1. The number of carbonyl (C=O) groups is 1. The summed E-state index contributed by atoms with van der Waals surface area (Å²) in [5.41, 5.74) is 1.93. The fourth-order valence-corrected chi connectivity index (χ4v) is 4.92.